The van der Waals surface area contributed by atoms with Crippen LogP contribution in [-0.2, 0) is 21.4 Å². The highest BCUT2D eigenvalue weighted by Gasteiger charge is 2.40. The minimum absolute atomic E-state index is 0.0180. The Labute approximate surface area is 139 Å². The maximum atomic E-state index is 12.9. The van der Waals surface area contributed by atoms with E-state index in [1.165, 1.54) is 16.4 Å². The first-order valence-electron chi connectivity index (χ1n) is 7.50. The minimum atomic E-state index is -3.69. The van der Waals surface area contributed by atoms with Crippen LogP contribution in [0.3, 0.4) is 0 Å². The summed E-state index contributed by atoms with van der Waals surface area (Å²) < 4.78 is 40.5. The van der Waals surface area contributed by atoms with Crippen molar-refractivity contribution in [3.8, 4) is 0 Å². The number of rotatable bonds is 5. The fourth-order valence-corrected chi connectivity index (χ4v) is 3.92. The molecule has 1 aliphatic rings. The van der Waals surface area contributed by atoms with Crippen LogP contribution in [0, 0.1) is 11.7 Å². The third-order valence-electron chi connectivity index (χ3n) is 3.89. The molecule has 1 amide bonds. The van der Waals surface area contributed by atoms with Gasteiger partial charge in [0.2, 0.25) is 15.9 Å². The molecule has 1 saturated heterocycles. The van der Waals surface area contributed by atoms with Crippen molar-refractivity contribution in [1.82, 2.24) is 14.1 Å². The molecule has 9 heteroatoms. The van der Waals surface area contributed by atoms with Crippen molar-refractivity contribution >= 4 is 21.7 Å². The highest BCUT2D eigenvalue weighted by atomic mass is 32.2. The molecule has 2 aromatic rings. The molecular weight excluding hydrogens is 335 g/mol. The molecule has 0 spiro atoms. The first kappa shape index (κ1) is 16.6. The van der Waals surface area contributed by atoms with E-state index in [-0.39, 0.29) is 23.9 Å². The summed E-state index contributed by atoms with van der Waals surface area (Å²) in [4.78, 5) is 12.1. The molecule has 1 N–H and O–H groups in total. The average Bonchev–Trinajstić information content (AvgIpc) is 2.93. The van der Waals surface area contributed by atoms with Crippen LogP contribution in [0.1, 0.15) is 6.92 Å². The predicted molar refractivity (Wildman–Crippen MR) is 85.2 cm³/mol. The molecular formula is C15H17FN4O3S. The molecule has 1 aliphatic heterocycles. The van der Waals surface area contributed by atoms with Crippen molar-refractivity contribution in [3.63, 3.8) is 0 Å². The number of hydrogen-bond donors (Lipinski definition) is 1. The number of aromatic nitrogens is 2. The maximum absolute atomic E-state index is 12.9. The SMILES string of the molecule is CCn1ccc(NC(=O)C2CN(S(=O)(=O)c3ccc(F)cc3)C2)n1. The van der Waals surface area contributed by atoms with Gasteiger partial charge >= 0.3 is 0 Å². The molecule has 7 nitrogen and oxygen atoms in total. The van der Waals surface area contributed by atoms with Crippen LogP contribution in [0.5, 0.6) is 0 Å². The highest BCUT2D eigenvalue weighted by Crippen LogP contribution is 2.26. The number of anilines is 1. The van der Waals surface area contributed by atoms with Crippen LogP contribution in [0.4, 0.5) is 10.2 Å². The first-order chi connectivity index (χ1) is 11.4. The monoisotopic (exact) mass is 352 g/mol. The molecule has 0 saturated carbocycles. The normalized spacial score (nSPS) is 15.9. The Morgan fingerprint density at radius 1 is 1.29 bits per heavy atom. The van der Waals surface area contributed by atoms with Gasteiger partial charge in [-0.25, -0.2) is 12.8 Å². The van der Waals surface area contributed by atoms with E-state index >= 15 is 0 Å². The Morgan fingerprint density at radius 2 is 1.96 bits per heavy atom. The molecule has 2 heterocycles. The van der Waals surface area contributed by atoms with Gasteiger partial charge in [0.15, 0.2) is 5.82 Å². The summed E-state index contributed by atoms with van der Waals surface area (Å²) in [6.45, 7) is 2.83. The summed E-state index contributed by atoms with van der Waals surface area (Å²) in [5.74, 6) is -0.739. The third-order valence-corrected chi connectivity index (χ3v) is 5.73. The largest absolute Gasteiger partial charge is 0.309 e. The minimum Gasteiger partial charge on any atom is -0.309 e. The van der Waals surface area contributed by atoms with Crippen LogP contribution in [0.2, 0.25) is 0 Å². The molecule has 1 aromatic carbocycles. The lowest BCUT2D eigenvalue weighted by atomic mass is 10.0. The summed E-state index contributed by atoms with van der Waals surface area (Å²) >= 11 is 0. The van der Waals surface area contributed by atoms with Crippen LogP contribution in [-0.4, -0.2) is 41.5 Å². The Bertz CT molecular complexity index is 842. The summed E-state index contributed by atoms with van der Waals surface area (Å²) in [5.41, 5.74) is 0. The van der Waals surface area contributed by atoms with Crippen molar-refractivity contribution in [2.75, 3.05) is 18.4 Å². The predicted octanol–water partition coefficient (Wildman–Crippen LogP) is 1.30. The molecule has 0 radical (unpaired) electrons. The van der Waals surface area contributed by atoms with E-state index in [0.717, 1.165) is 12.1 Å². The van der Waals surface area contributed by atoms with Gasteiger partial charge < -0.3 is 5.32 Å². The van der Waals surface area contributed by atoms with Gasteiger partial charge in [0.1, 0.15) is 5.82 Å². The van der Waals surface area contributed by atoms with Crippen molar-refractivity contribution in [1.29, 1.82) is 0 Å². The zero-order valence-electron chi connectivity index (χ0n) is 13.0. The van der Waals surface area contributed by atoms with Crippen LogP contribution in [0.15, 0.2) is 41.4 Å². The standard InChI is InChI=1S/C15H17FN4O3S/c1-2-19-8-7-14(18-19)17-15(21)11-9-20(10-11)24(22,23)13-5-3-12(16)4-6-13/h3-8,11H,2,9-10H2,1H3,(H,17,18,21). The third kappa shape index (κ3) is 3.17. The lowest BCUT2D eigenvalue weighted by molar-refractivity contribution is -0.122. The quantitative estimate of drug-likeness (QED) is 0.879. The summed E-state index contributed by atoms with van der Waals surface area (Å²) in [6, 6.07) is 6.32. The van der Waals surface area contributed by atoms with E-state index in [2.05, 4.69) is 10.4 Å². The Balaban J connectivity index is 1.60. The topological polar surface area (TPSA) is 84.3 Å². The van der Waals surface area contributed by atoms with Crippen molar-refractivity contribution in [2.45, 2.75) is 18.4 Å². The maximum Gasteiger partial charge on any atom is 0.243 e. The van der Waals surface area contributed by atoms with E-state index in [4.69, 9.17) is 0 Å². The van der Waals surface area contributed by atoms with E-state index in [0.29, 0.717) is 12.4 Å². The molecule has 1 fully saturated rings. The van der Waals surface area contributed by atoms with E-state index < -0.39 is 21.8 Å². The van der Waals surface area contributed by atoms with Gasteiger partial charge in [-0.05, 0) is 31.2 Å². The Hall–Kier alpha value is -2.26. The lowest BCUT2D eigenvalue weighted by Crippen LogP contribution is -2.54. The molecule has 24 heavy (non-hydrogen) atoms. The van der Waals surface area contributed by atoms with Crippen LogP contribution >= 0.6 is 0 Å². The van der Waals surface area contributed by atoms with Gasteiger partial charge in [0.25, 0.3) is 0 Å². The van der Waals surface area contributed by atoms with E-state index in [9.17, 15) is 17.6 Å². The molecule has 0 bridgehead atoms. The lowest BCUT2D eigenvalue weighted by Gasteiger charge is -2.36. The molecule has 0 unspecified atom stereocenters. The zero-order chi connectivity index (χ0) is 17.3. The van der Waals surface area contributed by atoms with Gasteiger partial charge in [-0.2, -0.15) is 9.40 Å². The van der Waals surface area contributed by atoms with Gasteiger partial charge in [0.05, 0.1) is 10.8 Å². The van der Waals surface area contributed by atoms with E-state index in [1.54, 1.807) is 16.9 Å². The average molecular weight is 352 g/mol. The molecule has 0 aliphatic carbocycles. The second-order valence-corrected chi connectivity index (χ2v) is 7.46. The molecule has 0 atom stereocenters. The number of halogens is 1. The second-order valence-electron chi connectivity index (χ2n) is 5.52. The fourth-order valence-electron chi connectivity index (χ4n) is 2.39. The number of amides is 1. The molecule has 3 rings (SSSR count). The van der Waals surface area contributed by atoms with Crippen LogP contribution < -0.4 is 5.32 Å². The number of sulfonamides is 1. The highest BCUT2D eigenvalue weighted by molar-refractivity contribution is 7.89. The second kappa shape index (κ2) is 6.33. The Morgan fingerprint density at radius 3 is 2.54 bits per heavy atom. The van der Waals surface area contributed by atoms with E-state index in [1.807, 2.05) is 6.92 Å². The smallest absolute Gasteiger partial charge is 0.243 e. The zero-order valence-corrected chi connectivity index (χ0v) is 13.8. The molecule has 1 aromatic heterocycles. The number of carbonyl (C=O) groups excluding carboxylic acids is 1. The number of nitrogens with zero attached hydrogens (tertiary/aromatic N) is 3. The van der Waals surface area contributed by atoms with Crippen molar-refractivity contribution in [3.05, 3.63) is 42.3 Å². The van der Waals surface area contributed by atoms with Gasteiger partial charge in [-0.15, -0.1) is 0 Å². The fraction of sp³-hybridized carbons (Fsp3) is 0.333. The van der Waals surface area contributed by atoms with Crippen molar-refractivity contribution in [2.24, 2.45) is 5.92 Å². The number of benzene rings is 1. The summed E-state index contributed by atoms with van der Waals surface area (Å²) in [5, 5.41) is 6.83. The number of nitrogens with one attached hydrogen (secondary N) is 1. The Kier molecular flexibility index (Phi) is 4.37. The summed E-state index contributed by atoms with van der Waals surface area (Å²) in [7, 11) is -3.69. The summed E-state index contributed by atoms with van der Waals surface area (Å²) in [6.07, 6.45) is 1.75. The first-order valence-corrected chi connectivity index (χ1v) is 8.94. The number of hydrogen-bond acceptors (Lipinski definition) is 4. The van der Waals surface area contributed by atoms with Crippen molar-refractivity contribution < 1.29 is 17.6 Å². The number of carbonyl (C=O) groups is 1. The van der Waals surface area contributed by atoms with Crippen LogP contribution in [0.25, 0.3) is 0 Å². The molecule has 128 valence electrons. The van der Waals surface area contributed by atoms with Gasteiger partial charge in [0, 0.05) is 31.9 Å². The van der Waals surface area contributed by atoms with Gasteiger partial charge in [-0.1, -0.05) is 0 Å². The number of aryl methyl sites for hydroxylation is 1. The van der Waals surface area contributed by atoms with Gasteiger partial charge in [-0.3, -0.25) is 9.48 Å².